The molecule has 3 N–H and O–H groups in total. The molecule has 0 aromatic rings. The lowest BCUT2D eigenvalue weighted by molar-refractivity contribution is -0.118. The van der Waals surface area contributed by atoms with Crippen LogP contribution in [0.3, 0.4) is 0 Å². The molecular formula is C18H30N6O3. The number of amides is 3. The van der Waals surface area contributed by atoms with E-state index in [0.29, 0.717) is 37.4 Å². The molecule has 0 radical (unpaired) electrons. The normalized spacial score (nSPS) is 18.1. The van der Waals surface area contributed by atoms with E-state index >= 15 is 0 Å². The Kier molecular flexibility index (Phi) is 8.77. The van der Waals surface area contributed by atoms with E-state index in [4.69, 9.17) is 0 Å². The van der Waals surface area contributed by atoms with Gasteiger partial charge in [0.05, 0.1) is 0 Å². The molecule has 0 saturated carbocycles. The van der Waals surface area contributed by atoms with Gasteiger partial charge in [0.1, 0.15) is 37.1 Å². The Labute approximate surface area is 160 Å². The monoisotopic (exact) mass is 378 g/mol. The van der Waals surface area contributed by atoms with Crippen LogP contribution in [0, 0.1) is 17.8 Å². The standard InChI is InChI=1S/3C6H10N2O/c3*1-4(2)6-7-3-5(9)8-6/h3*4H,3H2,1-2H3,(H,7,8,9). The van der Waals surface area contributed by atoms with Gasteiger partial charge in [-0.25, -0.2) is 0 Å². The maximum atomic E-state index is 10.5. The topological polar surface area (TPSA) is 124 Å². The third-order valence-electron chi connectivity index (χ3n) is 3.62. The lowest BCUT2D eigenvalue weighted by Crippen LogP contribution is -2.27. The summed E-state index contributed by atoms with van der Waals surface area (Å²) < 4.78 is 0. The minimum Gasteiger partial charge on any atom is -0.313 e. The van der Waals surface area contributed by atoms with Gasteiger partial charge in [-0.2, -0.15) is 0 Å². The molecule has 9 heteroatoms. The van der Waals surface area contributed by atoms with E-state index in [1.165, 1.54) is 0 Å². The fourth-order valence-electron chi connectivity index (χ4n) is 2.12. The van der Waals surface area contributed by atoms with Gasteiger partial charge in [0.25, 0.3) is 0 Å². The van der Waals surface area contributed by atoms with Gasteiger partial charge in [0.15, 0.2) is 0 Å². The summed E-state index contributed by atoms with van der Waals surface area (Å²) in [5.41, 5.74) is 0. The lowest BCUT2D eigenvalue weighted by atomic mass is 10.2. The number of carbonyl (C=O) groups is 3. The molecule has 0 atom stereocenters. The Bertz CT molecular complexity index is 572. The lowest BCUT2D eigenvalue weighted by Gasteiger charge is -2.01. The van der Waals surface area contributed by atoms with Crippen LogP contribution in [0.5, 0.6) is 0 Å². The highest BCUT2D eigenvalue weighted by atomic mass is 16.2. The third-order valence-corrected chi connectivity index (χ3v) is 3.62. The highest BCUT2D eigenvalue weighted by molar-refractivity contribution is 6.05. The van der Waals surface area contributed by atoms with Gasteiger partial charge in [-0.1, -0.05) is 41.5 Å². The van der Waals surface area contributed by atoms with Crippen molar-refractivity contribution >= 4 is 35.2 Å². The Morgan fingerprint density at radius 1 is 0.556 bits per heavy atom. The molecule has 3 aliphatic heterocycles. The van der Waals surface area contributed by atoms with Crippen molar-refractivity contribution in [3.8, 4) is 0 Å². The molecule has 0 aromatic heterocycles. The first-order valence-electron chi connectivity index (χ1n) is 9.12. The van der Waals surface area contributed by atoms with Crippen LogP contribution in [0.15, 0.2) is 15.0 Å². The number of nitrogens with zero attached hydrogens (tertiary/aromatic N) is 3. The number of amidine groups is 3. The van der Waals surface area contributed by atoms with Gasteiger partial charge < -0.3 is 16.0 Å². The van der Waals surface area contributed by atoms with Crippen molar-refractivity contribution < 1.29 is 14.4 Å². The summed E-state index contributed by atoms with van der Waals surface area (Å²) in [6, 6.07) is 0. The fourth-order valence-corrected chi connectivity index (χ4v) is 2.12. The molecule has 9 nitrogen and oxygen atoms in total. The Morgan fingerprint density at radius 2 is 0.778 bits per heavy atom. The van der Waals surface area contributed by atoms with Crippen molar-refractivity contribution in [1.82, 2.24) is 16.0 Å². The molecule has 0 unspecified atom stereocenters. The van der Waals surface area contributed by atoms with E-state index in [1.54, 1.807) is 0 Å². The van der Waals surface area contributed by atoms with Gasteiger partial charge in [0, 0.05) is 17.8 Å². The van der Waals surface area contributed by atoms with Crippen LogP contribution in [0.25, 0.3) is 0 Å². The van der Waals surface area contributed by atoms with Crippen LogP contribution in [-0.4, -0.2) is 54.9 Å². The van der Waals surface area contributed by atoms with E-state index in [2.05, 4.69) is 30.9 Å². The first-order valence-corrected chi connectivity index (χ1v) is 9.12. The van der Waals surface area contributed by atoms with Crippen molar-refractivity contribution in [2.24, 2.45) is 32.7 Å². The van der Waals surface area contributed by atoms with Crippen LogP contribution in [0.4, 0.5) is 0 Å². The molecule has 0 spiro atoms. The second kappa shape index (κ2) is 10.5. The van der Waals surface area contributed by atoms with E-state index < -0.39 is 0 Å². The number of hydrogen-bond donors (Lipinski definition) is 3. The number of carbonyl (C=O) groups excluding carboxylic acids is 3. The van der Waals surface area contributed by atoms with E-state index in [9.17, 15) is 14.4 Å². The SMILES string of the molecule is CC(C)C1=NCC(=O)N1.CC(C)C1=NCC(=O)N1.CC(C)C1=NCC(=O)N1. The molecule has 0 bridgehead atoms. The maximum absolute atomic E-state index is 10.5. The third kappa shape index (κ3) is 8.10. The second-order valence-corrected chi connectivity index (χ2v) is 7.21. The summed E-state index contributed by atoms with van der Waals surface area (Å²) in [5, 5.41) is 7.99. The molecule has 150 valence electrons. The van der Waals surface area contributed by atoms with Crippen LogP contribution in [-0.2, 0) is 14.4 Å². The van der Waals surface area contributed by atoms with E-state index in [-0.39, 0.29) is 17.7 Å². The van der Waals surface area contributed by atoms with Crippen molar-refractivity contribution in [3.05, 3.63) is 0 Å². The number of aliphatic imine (C=N–C) groups is 3. The molecular weight excluding hydrogens is 348 g/mol. The van der Waals surface area contributed by atoms with Crippen molar-refractivity contribution in [2.45, 2.75) is 41.5 Å². The van der Waals surface area contributed by atoms with Gasteiger partial charge in [-0.05, 0) is 0 Å². The van der Waals surface area contributed by atoms with E-state index in [0.717, 1.165) is 17.5 Å². The predicted octanol–water partition coefficient (Wildman–Crippen LogP) is 0.512. The average molecular weight is 378 g/mol. The zero-order valence-corrected chi connectivity index (χ0v) is 16.9. The first-order chi connectivity index (χ1) is 12.6. The minimum absolute atomic E-state index is 0.0127. The van der Waals surface area contributed by atoms with Crippen molar-refractivity contribution in [2.75, 3.05) is 19.6 Å². The van der Waals surface area contributed by atoms with Crippen LogP contribution in [0.2, 0.25) is 0 Å². The van der Waals surface area contributed by atoms with Crippen molar-refractivity contribution in [1.29, 1.82) is 0 Å². The smallest absolute Gasteiger partial charge is 0.247 e. The van der Waals surface area contributed by atoms with Crippen LogP contribution in [0.1, 0.15) is 41.5 Å². The molecule has 27 heavy (non-hydrogen) atoms. The van der Waals surface area contributed by atoms with E-state index in [1.807, 2.05) is 41.5 Å². The molecule has 0 aliphatic carbocycles. The number of hydrogen-bond acceptors (Lipinski definition) is 6. The zero-order chi connectivity index (χ0) is 20.6. The Balaban J connectivity index is 0.000000202. The predicted molar refractivity (Wildman–Crippen MR) is 106 cm³/mol. The number of nitrogens with one attached hydrogen (secondary N) is 3. The first kappa shape index (κ1) is 22.5. The van der Waals surface area contributed by atoms with Gasteiger partial charge >= 0.3 is 0 Å². The minimum atomic E-state index is 0.0127. The Morgan fingerprint density at radius 3 is 0.852 bits per heavy atom. The van der Waals surface area contributed by atoms with Crippen LogP contribution < -0.4 is 16.0 Å². The summed E-state index contributed by atoms with van der Waals surface area (Å²) in [7, 11) is 0. The van der Waals surface area contributed by atoms with Crippen LogP contribution >= 0.6 is 0 Å². The summed E-state index contributed by atoms with van der Waals surface area (Å²) in [6.07, 6.45) is 0. The zero-order valence-electron chi connectivity index (χ0n) is 16.9. The molecule has 0 aromatic carbocycles. The Hall–Kier alpha value is -2.58. The molecule has 3 amide bonds. The van der Waals surface area contributed by atoms with Gasteiger partial charge in [0.2, 0.25) is 17.7 Å². The molecule has 0 saturated heterocycles. The summed E-state index contributed by atoms with van der Waals surface area (Å²) in [4.78, 5) is 43.5. The largest absolute Gasteiger partial charge is 0.313 e. The summed E-state index contributed by atoms with van der Waals surface area (Å²) >= 11 is 0. The highest BCUT2D eigenvalue weighted by Gasteiger charge is 2.16. The molecule has 3 heterocycles. The van der Waals surface area contributed by atoms with Gasteiger partial charge in [-0.3, -0.25) is 29.4 Å². The second-order valence-electron chi connectivity index (χ2n) is 7.21. The summed E-state index contributed by atoms with van der Waals surface area (Å²) in [6.45, 7) is 13.0. The van der Waals surface area contributed by atoms with Crippen molar-refractivity contribution in [3.63, 3.8) is 0 Å². The highest BCUT2D eigenvalue weighted by Crippen LogP contribution is 1.99. The van der Waals surface area contributed by atoms with Gasteiger partial charge in [-0.15, -0.1) is 0 Å². The fraction of sp³-hybridized carbons (Fsp3) is 0.667. The quantitative estimate of drug-likeness (QED) is 0.663. The summed E-state index contributed by atoms with van der Waals surface area (Å²) in [5.74, 6) is 3.53. The number of rotatable bonds is 3. The average Bonchev–Trinajstić information content (AvgIpc) is 3.30. The molecule has 3 rings (SSSR count). The maximum Gasteiger partial charge on any atom is 0.247 e. The molecule has 3 aliphatic rings. The molecule has 0 fully saturated rings.